The zero-order valence-electron chi connectivity index (χ0n) is 20.5. The van der Waals surface area contributed by atoms with Crippen molar-refractivity contribution < 1.29 is 24.1 Å². The maximum Gasteiger partial charge on any atom is 0.272 e. The number of morpholine rings is 1. The summed E-state index contributed by atoms with van der Waals surface area (Å²) >= 11 is 0. The van der Waals surface area contributed by atoms with Crippen LogP contribution in [0.5, 0.6) is 5.75 Å². The predicted octanol–water partition coefficient (Wildman–Crippen LogP) is 1.19. The van der Waals surface area contributed by atoms with Gasteiger partial charge < -0.3 is 34.4 Å². The Balaban J connectivity index is 1.63. The summed E-state index contributed by atoms with van der Waals surface area (Å²) in [4.78, 5) is 26.7. The van der Waals surface area contributed by atoms with E-state index in [1.807, 2.05) is 31.3 Å². The van der Waals surface area contributed by atoms with Gasteiger partial charge in [-0.1, -0.05) is 12.1 Å². The SMILES string of the molecule is CNCC(O)COc1cccc(-c2nc(C(=O)N3CCOCC3)cc(N(C)C3CCOCC3)n2)c1. The highest BCUT2D eigenvalue weighted by atomic mass is 16.5. The Morgan fingerprint density at radius 3 is 2.69 bits per heavy atom. The van der Waals surface area contributed by atoms with Crippen LogP contribution in [-0.2, 0) is 9.47 Å². The first-order valence-electron chi connectivity index (χ1n) is 12.2. The van der Waals surface area contributed by atoms with Gasteiger partial charge in [0.1, 0.15) is 30.0 Å². The average molecular weight is 486 g/mol. The third-order valence-corrected chi connectivity index (χ3v) is 6.30. The number of amides is 1. The predicted molar refractivity (Wildman–Crippen MR) is 132 cm³/mol. The fourth-order valence-electron chi connectivity index (χ4n) is 4.25. The topological polar surface area (TPSA) is 109 Å². The number of hydrogen-bond donors (Lipinski definition) is 2. The molecular weight excluding hydrogens is 450 g/mol. The molecule has 1 aromatic carbocycles. The van der Waals surface area contributed by atoms with Crippen LogP contribution in [0.25, 0.3) is 11.4 Å². The smallest absolute Gasteiger partial charge is 0.272 e. The van der Waals surface area contributed by atoms with Gasteiger partial charge in [0.15, 0.2) is 5.82 Å². The Kier molecular flexibility index (Phi) is 8.86. The number of carbonyl (C=O) groups is 1. The molecule has 3 heterocycles. The number of nitrogens with one attached hydrogen (secondary N) is 1. The van der Waals surface area contributed by atoms with E-state index in [1.165, 1.54) is 0 Å². The summed E-state index contributed by atoms with van der Waals surface area (Å²) in [7, 11) is 3.79. The van der Waals surface area contributed by atoms with E-state index in [2.05, 4.69) is 15.2 Å². The third kappa shape index (κ3) is 6.66. The maximum atomic E-state index is 13.3. The van der Waals surface area contributed by atoms with Crippen LogP contribution >= 0.6 is 0 Å². The number of rotatable bonds is 9. The maximum absolute atomic E-state index is 13.3. The summed E-state index contributed by atoms with van der Waals surface area (Å²) in [6.45, 7) is 4.17. The number of benzene rings is 1. The van der Waals surface area contributed by atoms with Gasteiger partial charge in [-0.3, -0.25) is 4.79 Å². The largest absolute Gasteiger partial charge is 0.491 e. The lowest BCUT2D eigenvalue weighted by molar-refractivity contribution is 0.0299. The number of aliphatic hydroxyl groups excluding tert-OH is 1. The minimum Gasteiger partial charge on any atom is -0.491 e. The Morgan fingerprint density at radius 2 is 1.94 bits per heavy atom. The number of aliphatic hydroxyl groups is 1. The number of hydrogen-bond acceptors (Lipinski definition) is 9. The first-order valence-corrected chi connectivity index (χ1v) is 12.2. The summed E-state index contributed by atoms with van der Waals surface area (Å²) in [6, 6.07) is 9.48. The number of anilines is 1. The molecule has 0 bridgehead atoms. The molecule has 2 aliphatic heterocycles. The molecule has 4 rings (SSSR count). The Morgan fingerprint density at radius 1 is 1.20 bits per heavy atom. The summed E-state index contributed by atoms with van der Waals surface area (Å²) < 4.78 is 16.7. The number of likely N-dealkylation sites (N-methyl/N-ethyl adjacent to an activating group) is 1. The molecule has 0 radical (unpaired) electrons. The van der Waals surface area contributed by atoms with Crippen LogP contribution in [0.4, 0.5) is 5.82 Å². The van der Waals surface area contributed by atoms with E-state index in [4.69, 9.17) is 19.2 Å². The molecular formula is C25H35N5O5. The average Bonchev–Trinajstić information content (AvgIpc) is 2.92. The fourth-order valence-corrected chi connectivity index (χ4v) is 4.25. The van der Waals surface area contributed by atoms with E-state index in [0.29, 0.717) is 69.1 Å². The lowest BCUT2D eigenvalue weighted by atomic mass is 10.1. The highest BCUT2D eigenvalue weighted by molar-refractivity contribution is 5.93. The van der Waals surface area contributed by atoms with Crippen molar-refractivity contribution in [2.45, 2.75) is 25.0 Å². The van der Waals surface area contributed by atoms with Gasteiger partial charge in [0.05, 0.1) is 13.2 Å². The minimum atomic E-state index is -0.617. The summed E-state index contributed by atoms with van der Waals surface area (Å²) in [6.07, 6.45) is 1.19. The zero-order chi connectivity index (χ0) is 24.6. The lowest BCUT2D eigenvalue weighted by Gasteiger charge is -2.32. The van der Waals surface area contributed by atoms with E-state index in [1.54, 1.807) is 18.0 Å². The zero-order valence-corrected chi connectivity index (χ0v) is 20.5. The van der Waals surface area contributed by atoms with Gasteiger partial charge in [-0.15, -0.1) is 0 Å². The molecule has 2 fully saturated rings. The monoisotopic (exact) mass is 485 g/mol. The first-order chi connectivity index (χ1) is 17.0. The molecule has 0 spiro atoms. The fraction of sp³-hybridized carbons (Fsp3) is 0.560. The molecule has 2 saturated heterocycles. The van der Waals surface area contributed by atoms with E-state index >= 15 is 0 Å². The number of nitrogens with zero attached hydrogens (tertiary/aromatic N) is 4. The van der Waals surface area contributed by atoms with Gasteiger partial charge in [-0.05, 0) is 32.0 Å². The molecule has 1 amide bonds. The Bertz CT molecular complexity index is 978. The molecule has 1 aromatic heterocycles. The summed E-state index contributed by atoms with van der Waals surface area (Å²) in [5.74, 6) is 1.64. The second-order valence-corrected chi connectivity index (χ2v) is 8.84. The molecule has 1 atom stereocenters. The van der Waals surface area contributed by atoms with Crippen molar-refractivity contribution in [2.75, 3.05) is 71.7 Å². The second kappa shape index (κ2) is 12.3. The molecule has 2 aliphatic rings. The van der Waals surface area contributed by atoms with E-state index in [0.717, 1.165) is 18.4 Å². The molecule has 1 unspecified atom stereocenters. The van der Waals surface area contributed by atoms with Crippen LogP contribution in [0.1, 0.15) is 23.3 Å². The molecule has 190 valence electrons. The van der Waals surface area contributed by atoms with Crippen molar-refractivity contribution in [2.24, 2.45) is 0 Å². The van der Waals surface area contributed by atoms with Crippen molar-refractivity contribution in [1.29, 1.82) is 0 Å². The van der Waals surface area contributed by atoms with Gasteiger partial charge in [0.2, 0.25) is 0 Å². The van der Waals surface area contributed by atoms with Gasteiger partial charge in [0, 0.05) is 57.6 Å². The lowest BCUT2D eigenvalue weighted by Crippen LogP contribution is -2.41. The number of aromatic nitrogens is 2. The van der Waals surface area contributed by atoms with Crippen LogP contribution in [-0.4, -0.2) is 105 Å². The van der Waals surface area contributed by atoms with Crippen LogP contribution in [0.15, 0.2) is 30.3 Å². The molecule has 2 aromatic rings. The van der Waals surface area contributed by atoms with Gasteiger partial charge in [0.25, 0.3) is 5.91 Å². The highest BCUT2D eigenvalue weighted by Gasteiger charge is 2.25. The van der Waals surface area contributed by atoms with Crippen molar-refractivity contribution >= 4 is 11.7 Å². The molecule has 10 nitrogen and oxygen atoms in total. The van der Waals surface area contributed by atoms with Crippen molar-refractivity contribution in [3.05, 3.63) is 36.0 Å². The standard InChI is InChI=1S/C25H35N5O5/c1-26-16-20(31)17-35-21-5-3-4-18(14-21)24-27-22(25(32)30-8-12-34-13-9-30)15-23(28-24)29(2)19-6-10-33-11-7-19/h3-5,14-15,19-20,26,31H,6-13,16-17H2,1-2H3. The van der Waals surface area contributed by atoms with Crippen LogP contribution < -0.4 is 15.0 Å². The minimum absolute atomic E-state index is 0.124. The molecule has 2 N–H and O–H groups in total. The van der Waals surface area contributed by atoms with E-state index in [9.17, 15) is 9.90 Å². The molecule has 0 aliphatic carbocycles. The van der Waals surface area contributed by atoms with Gasteiger partial charge in [-0.25, -0.2) is 9.97 Å². The van der Waals surface area contributed by atoms with Crippen molar-refractivity contribution in [1.82, 2.24) is 20.2 Å². The molecule has 10 heteroatoms. The van der Waals surface area contributed by atoms with Crippen LogP contribution in [0.2, 0.25) is 0 Å². The second-order valence-electron chi connectivity index (χ2n) is 8.84. The van der Waals surface area contributed by atoms with Gasteiger partial charge in [-0.2, -0.15) is 0 Å². The normalized spacial score (nSPS) is 17.7. The van der Waals surface area contributed by atoms with Crippen molar-refractivity contribution in [3.63, 3.8) is 0 Å². The molecule has 0 saturated carbocycles. The van der Waals surface area contributed by atoms with E-state index in [-0.39, 0.29) is 18.6 Å². The Labute approximate surface area is 206 Å². The highest BCUT2D eigenvalue weighted by Crippen LogP contribution is 2.26. The van der Waals surface area contributed by atoms with Crippen molar-refractivity contribution in [3.8, 4) is 17.1 Å². The number of carbonyl (C=O) groups excluding carboxylic acids is 1. The summed E-state index contributed by atoms with van der Waals surface area (Å²) in [5.41, 5.74) is 1.10. The van der Waals surface area contributed by atoms with Gasteiger partial charge >= 0.3 is 0 Å². The summed E-state index contributed by atoms with van der Waals surface area (Å²) in [5, 5.41) is 12.9. The first kappa shape index (κ1) is 25.3. The Hall–Kier alpha value is -2.79. The third-order valence-electron chi connectivity index (χ3n) is 6.30. The van der Waals surface area contributed by atoms with E-state index < -0.39 is 6.10 Å². The molecule has 35 heavy (non-hydrogen) atoms. The van der Waals surface area contributed by atoms with Crippen LogP contribution in [0, 0.1) is 0 Å². The number of ether oxygens (including phenoxy) is 3. The quantitative estimate of drug-likeness (QED) is 0.541. The van der Waals surface area contributed by atoms with Crippen LogP contribution in [0.3, 0.4) is 0 Å².